The number of amides is 2. The molecule has 0 aliphatic carbocycles. The third kappa shape index (κ3) is 5.87. The Kier molecular flexibility index (Phi) is 7.90. The van der Waals surface area contributed by atoms with Gasteiger partial charge in [-0.2, -0.15) is 0 Å². The number of ether oxygens (including phenoxy) is 1. The van der Waals surface area contributed by atoms with E-state index in [-0.39, 0.29) is 22.7 Å². The molecule has 0 spiro atoms. The van der Waals surface area contributed by atoms with E-state index in [0.717, 1.165) is 12.0 Å². The number of Topliss-reactive ketones (excluding diaryl/α,β-unsaturated/α-hetero) is 1. The number of nitrogens with zero attached hydrogens (tertiary/aromatic N) is 1. The average Bonchev–Trinajstić information content (AvgIpc) is 3.16. The van der Waals surface area contributed by atoms with E-state index in [1.165, 1.54) is 11.8 Å². The van der Waals surface area contributed by atoms with E-state index in [2.05, 4.69) is 26.1 Å². The van der Waals surface area contributed by atoms with Crippen molar-refractivity contribution in [1.82, 2.24) is 0 Å². The van der Waals surface area contributed by atoms with Gasteiger partial charge >= 0.3 is 0 Å². The Morgan fingerprint density at radius 2 is 1.69 bits per heavy atom. The maximum Gasteiger partial charge on any atom is 0.300 e. The summed E-state index contributed by atoms with van der Waals surface area (Å²) in [5.74, 6) is -1.53. The Morgan fingerprint density at radius 1 is 1.00 bits per heavy atom. The van der Waals surface area contributed by atoms with Crippen LogP contribution in [0.3, 0.4) is 0 Å². The molecule has 7 nitrogen and oxygen atoms in total. The van der Waals surface area contributed by atoms with E-state index in [1.54, 1.807) is 48.5 Å². The molecule has 1 aliphatic rings. The molecule has 2 amide bonds. The molecule has 0 saturated carbocycles. The molecule has 1 unspecified atom stereocenters. The van der Waals surface area contributed by atoms with Crippen molar-refractivity contribution in [3.8, 4) is 5.75 Å². The summed E-state index contributed by atoms with van der Waals surface area (Å²) >= 11 is 0. The number of hydrogen-bond acceptors (Lipinski definition) is 5. The van der Waals surface area contributed by atoms with Crippen molar-refractivity contribution >= 4 is 34.7 Å². The zero-order valence-electron chi connectivity index (χ0n) is 22.9. The fourth-order valence-electron chi connectivity index (χ4n) is 4.63. The number of aliphatic hydroxyl groups is 1. The molecule has 4 rings (SSSR count). The Hall–Kier alpha value is -4.39. The molecule has 0 bridgehead atoms. The van der Waals surface area contributed by atoms with E-state index in [0.29, 0.717) is 34.9 Å². The van der Waals surface area contributed by atoms with Crippen molar-refractivity contribution in [2.24, 2.45) is 0 Å². The Bertz CT molecular complexity index is 1430. The predicted molar refractivity (Wildman–Crippen MR) is 153 cm³/mol. The lowest BCUT2D eigenvalue weighted by molar-refractivity contribution is -0.132. The normalized spacial score (nSPS) is 16.8. The van der Waals surface area contributed by atoms with Crippen LogP contribution in [-0.4, -0.2) is 29.3 Å². The van der Waals surface area contributed by atoms with Crippen LogP contribution in [0.2, 0.25) is 0 Å². The number of hydrogen-bond donors (Lipinski definition) is 2. The lowest BCUT2D eigenvalue weighted by atomic mass is 9.85. The molecule has 2 N–H and O–H groups in total. The number of carbonyl (C=O) groups excluding carboxylic acids is 3. The predicted octanol–water partition coefficient (Wildman–Crippen LogP) is 6.36. The van der Waals surface area contributed by atoms with Crippen LogP contribution in [-0.2, 0) is 19.8 Å². The van der Waals surface area contributed by atoms with Crippen LogP contribution in [0.25, 0.3) is 5.76 Å². The summed E-state index contributed by atoms with van der Waals surface area (Å²) in [6.45, 7) is 10.2. The van der Waals surface area contributed by atoms with Crippen LogP contribution in [0, 0.1) is 0 Å². The molecule has 0 radical (unpaired) electrons. The average molecular weight is 527 g/mol. The summed E-state index contributed by atoms with van der Waals surface area (Å²) in [4.78, 5) is 40.1. The summed E-state index contributed by atoms with van der Waals surface area (Å²) in [7, 11) is 0. The number of anilines is 2. The molecule has 202 valence electrons. The summed E-state index contributed by atoms with van der Waals surface area (Å²) < 4.78 is 5.72. The number of aliphatic hydroxyl groups excluding tert-OH is 1. The van der Waals surface area contributed by atoms with Gasteiger partial charge in [0.05, 0.1) is 18.2 Å². The van der Waals surface area contributed by atoms with Crippen LogP contribution in [0.4, 0.5) is 11.4 Å². The molecule has 1 saturated heterocycles. The van der Waals surface area contributed by atoms with Gasteiger partial charge in [-0.05, 0) is 53.3 Å². The summed E-state index contributed by atoms with van der Waals surface area (Å²) in [6, 6.07) is 20.4. The van der Waals surface area contributed by atoms with Gasteiger partial charge in [-0.25, -0.2) is 0 Å². The van der Waals surface area contributed by atoms with Gasteiger partial charge in [0, 0.05) is 23.9 Å². The van der Waals surface area contributed by atoms with Gasteiger partial charge in [0.2, 0.25) is 5.91 Å². The van der Waals surface area contributed by atoms with Gasteiger partial charge in [-0.15, -0.1) is 0 Å². The van der Waals surface area contributed by atoms with Crippen molar-refractivity contribution in [2.45, 2.75) is 52.5 Å². The second kappa shape index (κ2) is 11.2. The highest BCUT2D eigenvalue weighted by molar-refractivity contribution is 6.51. The van der Waals surface area contributed by atoms with E-state index < -0.39 is 17.7 Å². The Labute approximate surface area is 229 Å². The molecule has 39 heavy (non-hydrogen) atoms. The van der Waals surface area contributed by atoms with Crippen LogP contribution < -0.4 is 15.0 Å². The molecule has 1 aliphatic heterocycles. The van der Waals surface area contributed by atoms with Crippen molar-refractivity contribution in [3.63, 3.8) is 0 Å². The van der Waals surface area contributed by atoms with Gasteiger partial charge in [-0.1, -0.05) is 70.2 Å². The van der Waals surface area contributed by atoms with Gasteiger partial charge in [-0.3, -0.25) is 19.3 Å². The maximum absolute atomic E-state index is 13.5. The number of rotatable bonds is 7. The van der Waals surface area contributed by atoms with Crippen LogP contribution in [0.15, 0.2) is 78.4 Å². The van der Waals surface area contributed by atoms with Crippen LogP contribution >= 0.6 is 0 Å². The zero-order chi connectivity index (χ0) is 28.3. The fraction of sp³-hybridized carbons (Fsp3) is 0.281. The van der Waals surface area contributed by atoms with E-state index >= 15 is 0 Å². The minimum absolute atomic E-state index is 0.0129. The lowest BCUT2D eigenvalue weighted by Gasteiger charge is -2.27. The molecule has 3 aromatic rings. The summed E-state index contributed by atoms with van der Waals surface area (Å²) in [6.07, 6.45) is 0.823. The Morgan fingerprint density at radius 3 is 2.33 bits per heavy atom. The quantitative estimate of drug-likeness (QED) is 0.212. The van der Waals surface area contributed by atoms with Crippen LogP contribution in [0.5, 0.6) is 5.75 Å². The zero-order valence-corrected chi connectivity index (χ0v) is 22.9. The van der Waals surface area contributed by atoms with Gasteiger partial charge in [0.25, 0.3) is 11.7 Å². The third-order valence-electron chi connectivity index (χ3n) is 6.56. The first-order valence-electron chi connectivity index (χ1n) is 13.0. The van der Waals surface area contributed by atoms with E-state index in [9.17, 15) is 19.5 Å². The molecule has 1 heterocycles. The minimum Gasteiger partial charge on any atom is -0.507 e. The third-order valence-corrected chi connectivity index (χ3v) is 6.56. The summed E-state index contributed by atoms with van der Waals surface area (Å²) in [5.41, 5.74) is 2.96. The molecule has 1 atom stereocenters. The van der Waals surface area contributed by atoms with Crippen LogP contribution in [0.1, 0.15) is 63.8 Å². The second-order valence-corrected chi connectivity index (χ2v) is 10.6. The standard InChI is InChI=1S/C32H34N2O5/c1-6-17-39-26-12-7-9-22(18-26)29(36)27-28(21-13-15-23(16-14-21)32(3,4)5)34(31(38)30(27)37)25-11-8-10-24(19-25)33-20(2)35/h7-16,18-19,28,36H,6,17H2,1-5H3,(H,33,35)/b29-27+. The minimum atomic E-state index is -0.883. The monoisotopic (exact) mass is 526 g/mol. The van der Waals surface area contributed by atoms with Crippen molar-refractivity contribution in [1.29, 1.82) is 0 Å². The van der Waals surface area contributed by atoms with Crippen molar-refractivity contribution in [3.05, 3.63) is 95.1 Å². The van der Waals surface area contributed by atoms with Gasteiger partial charge in [0.1, 0.15) is 11.5 Å². The molecule has 7 heteroatoms. The number of benzene rings is 3. The van der Waals surface area contributed by atoms with Gasteiger partial charge in [0.15, 0.2) is 0 Å². The molecule has 3 aromatic carbocycles. The lowest BCUT2D eigenvalue weighted by Crippen LogP contribution is -2.29. The van der Waals surface area contributed by atoms with E-state index in [4.69, 9.17) is 4.74 Å². The highest BCUT2D eigenvalue weighted by Crippen LogP contribution is 2.43. The summed E-state index contributed by atoms with van der Waals surface area (Å²) in [5, 5.41) is 14.2. The second-order valence-electron chi connectivity index (χ2n) is 10.6. The largest absolute Gasteiger partial charge is 0.507 e. The first-order valence-corrected chi connectivity index (χ1v) is 13.0. The van der Waals surface area contributed by atoms with Crippen molar-refractivity contribution in [2.75, 3.05) is 16.8 Å². The molecular formula is C32H34N2O5. The number of nitrogens with one attached hydrogen (secondary N) is 1. The fourth-order valence-corrected chi connectivity index (χ4v) is 4.63. The highest BCUT2D eigenvalue weighted by atomic mass is 16.5. The number of carbonyl (C=O) groups is 3. The molecular weight excluding hydrogens is 492 g/mol. The molecule has 0 aromatic heterocycles. The maximum atomic E-state index is 13.5. The number of ketones is 1. The topological polar surface area (TPSA) is 95.9 Å². The first kappa shape index (κ1) is 27.6. The smallest absolute Gasteiger partial charge is 0.300 e. The van der Waals surface area contributed by atoms with E-state index in [1.807, 2.05) is 31.2 Å². The first-order chi connectivity index (χ1) is 18.5. The SMILES string of the molecule is CCCOc1cccc(/C(O)=C2\C(=O)C(=O)N(c3cccc(NC(C)=O)c3)C2c2ccc(C(C)(C)C)cc2)c1. The van der Waals surface area contributed by atoms with Gasteiger partial charge < -0.3 is 15.2 Å². The van der Waals surface area contributed by atoms with Crippen molar-refractivity contribution < 1.29 is 24.2 Å². The molecule has 1 fully saturated rings. The Balaban J connectivity index is 1.89. The highest BCUT2D eigenvalue weighted by Gasteiger charge is 2.47.